The highest BCUT2D eigenvalue weighted by atomic mass is 16.5. The Hall–Kier alpha value is -3.80. The summed E-state index contributed by atoms with van der Waals surface area (Å²) in [5, 5.41) is 0.846. The van der Waals surface area contributed by atoms with Crippen molar-refractivity contribution in [2.75, 3.05) is 0 Å². The van der Waals surface area contributed by atoms with E-state index in [1.165, 1.54) is 4.90 Å². The van der Waals surface area contributed by atoms with Gasteiger partial charge < -0.3 is 4.74 Å². The average Bonchev–Trinajstić information content (AvgIpc) is 3.67. The highest BCUT2D eigenvalue weighted by Gasteiger charge is 2.68. The molecule has 1 saturated heterocycles. The summed E-state index contributed by atoms with van der Waals surface area (Å²) >= 11 is 0. The molecule has 2 amide bonds. The summed E-state index contributed by atoms with van der Waals surface area (Å²) < 4.78 is 5.86. The SMILES string of the molecule is O=C(Oc1cccc2cccnc12)[C@H](Cc1ccccc1)N1C(=O)[C@@H]2[C@H]3C=C[C@@H]([C@@H]4C[C@H]34)[C@@H]2C1=O. The molecule has 8 rings (SSSR count). The summed E-state index contributed by atoms with van der Waals surface area (Å²) in [7, 11) is 0. The zero-order chi connectivity index (χ0) is 23.7. The summed E-state index contributed by atoms with van der Waals surface area (Å²) in [5.74, 6) is -0.230. The fraction of sp³-hybridized carbons (Fsp3) is 0.310. The van der Waals surface area contributed by atoms with Gasteiger partial charge in [-0.15, -0.1) is 0 Å². The molecule has 0 radical (unpaired) electrons. The van der Waals surface area contributed by atoms with Crippen molar-refractivity contribution in [3.05, 3.63) is 84.6 Å². The van der Waals surface area contributed by atoms with Crippen molar-refractivity contribution in [3.8, 4) is 5.75 Å². The molecule has 3 aromatic rings. The number of nitrogens with zero attached hydrogens (tertiary/aromatic N) is 2. The number of allylic oxidation sites excluding steroid dienone is 2. The van der Waals surface area contributed by atoms with Gasteiger partial charge in [0.2, 0.25) is 11.8 Å². The van der Waals surface area contributed by atoms with Gasteiger partial charge in [0.1, 0.15) is 11.6 Å². The Balaban J connectivity index is 1.25. The van der Waals surface area contributed by atoms with Crippen molar-refractivity contribution in [3.63, 3.8) is 0 Å². The molecule has 2 saturated carbocycles. The second-order valence-electron chi connectivity index (χ2n) is 10.2. The van der Waals surface area contributed by atoms with E-state index in [-0.39, 0.29) is 41.9 Å². The third-order valence-electron chi connectivity index (χ3n) is 8.36. The number of fused-ring (bicyclic) bond motifs is 1. The maximum absolute atomic E-state index is 13.8. The average molecular weight is 465 g/mol. The fourth-order valence-corrected chi connectivity index (χ4v) is 6.74. The van der Waals surface area contributed by atoms with Crippen LogP contribution in [0.3, 0.4) is 0 Å². The van der Waals surface area contributed by atoms with Crippen molar-refractivity contribution in [2.45, 2.75) is 18.9 Å². The molecule has 174 valence electrons. The highest BCUT2D eigenvalue weighted by molar-refractivity contribution is 6.09. The first kappa shape index (κ1) is 20.6. The summed E-state index contributed by atoms with van der Waals surface area (Å²) in [5.41, 5.74) is 1.43. The van der Waals surface area contributed by atoms with Gasteiger partial charge in [-0.3, -0.25) is 19.5 Å². The van der Waals surface area contributed by atoms with Crippen LogP contribution in [0.5, 0.6) is 5.75 Å². The first-order valence-corrected chi connectivity index (χ1v) is 12.3. The monoisotopic (exact) mass is 464 g/mol. The number of imide groups is 1. The zero-order valence-electron chi connectivity index (χ0n) is 19.0. The van der Waals surface area contributed by atoms with Crippen LogP contribution in [0.1, 0.15) is 12.0 Å². The number of hydrogen-bond donors (Lipinski definition) is 0. The molecule has 35 heavy (non-hydrogen) atoms. The lowest BCUT2D eigenvalue weighted by atomic mass is 9.63. The Kier molecular flexibility index (Phi) is 4.47. The van der Waals surface area contributed by atoms with E-state index in [4.69, 9.17) is 4.74 Å². The van der Waals surface area contributed by atoms with Crippen LogP contribution in [0.2, 0.25) is 0 Å². The second-order valence-corrected chi connectivity index (χ2v) is 10.2. The maximum atomic E-state index is 13.8. The van der Waals surface area contributed by atoms with Crippen molar-refractivity contribution in [2.24, 2.45) is 35.5 Å². The molecule has 4 aliphatic carbocycles. The quantitative estimate of drug-likeness (QED) is 0.248. The van der Waals surface area contributed by atoms with E-state index in [9.17, 15) is 14.4 Å². The molecule has 2 bridgehead atoms. The van der Waals surface area contributed by atoms with E-state index in [2.05, 4.69) is 17.1 Å². The number of para-hydroxylation sites is 1. The minimum atomic E-state index is -1.03. The van der Waals surface area contributed by atoms with Crippen molar-refractivity contribution < 1.29 is 19.1 Å². The van der Waals surface area contributed by atoms with Gasteiger partial charge in [0.15, 0.2) is 5.75 Å². The van der Waals surface area contributed by atoms with Gasteiger partial charge in [-0.05, 0) is 47.8 Å². The lowest BCUT2D eigenvalue weighted by Gasteiger charge is -2.37. The zero-order valence-corrected chi connectivity index (χ0v) is 19.0. The van der Waals surface area contributed by atoms with Gasteiger partial charge >= 0.3 is 5.97 Å². The third kappa shape index (κ3) is 3.09. The number of pyridine rings is 1. The van der Waals surface area contributed by atoms with Crippen molar-refractivity contribution >= 4 is 28.7 Å². The van der Waals surface area contributed by atoms with Crippen LogP contribution in [0.25, 0.3) is 10.9 Å². The van der Waals surface area contributed by atoms with Gasteiger partial charge in [0, 0.05) is 18.0 Å². The predicted molar refractivity (Wildman–Crippen MR) is 128 cm³/mol. The standard InChI is InChI=1S/C29H24N2O4/c32-27-24-18-11-12-19(21-15-20(18)21)25(24)28(33)31(27)22(14-16-6-2-1-3-7-16)29(34)35-23-10-4-8-17-9-5-13-30-26(17)23/h1-13,18-22,24-25H,14-15H2/t18-,19-,20-,21+,22-,24-,25+/m0/s1. The predicted octanol–water partition coefficient (Wildman–Crippen LogP) is 3.80. The molecule has 6 nitrogen and oxygen atoms in total. The lowest BCUT2D eigenvalue weighted by Crippen LogP contribution is -2.48. The Bertz CT molecular complexity index is 1360. The Morgan fingerprint density at radius 2 is 1.60 bits per heavy atom. The van der Waals surface area contributed by atoms with Crippen LogP contribution in [0.4, 0.5) is 0 Å². The van der Waals surface area contributed by atoms with E-state index < -0.39 is 12.0 Å². The number of carbonyl (C=O) groups is 3. The minimum Gasteiger partial charge on any atom is -0.423 e. The molecule has 2 heterocycles. The maximum Gasteiger partial charge on any atom is 0.335 e. The number of likely N-dealkylation sites (tertiary alicyclic amines) is 1. The highest BCUT2D eigenvalue weighted by Crippen LogP contribution is 2.65. The number of rotatable bonds is 5. The number of carbonyl (C=O) groups excluding carboxylic acids is 3. The van der Waals surface area contributed by atoms with Gasteiger partial charge in [0.25, 0.3) is 0 Å². The molecular weight excluding hydrogens is 440 g/mol. The number of amides is 2. The van der Waals surface area contributed by atoms with E-state index in [1.54, 1.807) is 18.3 Å². The molecule has 0 unspecified atom stereocenters. The fourth-order valence-electron chi connectivity index (χ4n) is 6.74. The largest absolute Gasteiger partial charge is 0.423 e. The van der Waals surface area contributed by atoms with Crippen LogP contribution in [-0.4, -0.2) is 33.7 Å². The molecule has 5 aliphatic rings. The molecule has 0 N–H and O–H groups in total. The Morgan fingerprint density at radius 1 is 0.914 bits per heavy atom. The van der Waals surface area contributed by atoms with Crippen LogP contribution in [0.15, 0.2) is 79.0 Å². The Labute approximate surface area is 202 Å². The van der Waals surface area contributed by atoms with Gasteiger partial charge in [-0.1, -0.05) is 60.7 Å². The van der Waals surface area contributed by atoms with E-state index in [0.717, 1.165) is 17.4 Å². The number of ether oxygens (including phenoxy) is 1. The van der Waals surface area contributed by atoms with Crippen molar-refractivity contribution in [1.82, 2.24) is 9.88 Å². The third-order valence-corrected chi connectivity index (χ3v) is 8.36. The van der Waals surface area contributed by atoms with E-state index >= 15 is 0 Å². The number of aromatic nitrogens is 1. The summed E-state index contributed by atoms with van der Waals surface area (Å²) in [6.45, 7) is 0. The van der Waals surface area contributed by atoms with E-state index in [1.807, 2.05) is 48.5 Å². The van der Waals surface area contributed by atoms with Crippen LogP contribution in [0, 0.1) is 35.5 Å². The molecule has 7 atom stereocenters. The number of hydrogen-bond acceptors (Lipinski definition) is 5. The van der Waals surface area contributed by atoms with Crippen LogP contribution >= 0.6 is 0 Å². The van der Waals surface area contributed by atoms with Gasteiger partial charge in [0.05, 0.1) is 11.8 Å². The first-order chi connectivity index (χ1) is 17.1. The lowest BCUT2D eigenvalue weighted by molar-refractivity contribution is -0.153. The Morgan fingerprint density at radius 3 is 2.31 bits per heavy atom. The molecule has 1 aliphatic heterocycles. The van der Waals surface area contributed by atoms with Crippen LogP contribution in [-0.2, 0) is 20.8 Å². The van der Waals surface area contributed by atoms with Crippen molar-refractivity contribution in [1.29, 1.82) is 0 Å². The smallest absolute Gasteiger partial charge is 0.335 e. The molecule has 6 heteroatoms. The van der Waals surface area contributed by atoms with E-state index in [0.29, 0.717) is 23.1 Å². The normalized spacial score (nSPS) is 30.8. The van der Waals surface area contributed by atoms with Gasteiger partial charge in [-0.25, -0.2) is 4.79 Å². The molecule has 1 aromatic heterocycles. The topological polar surface area (TPSA) is 76.6 Å². The molecule has 0 spiro atoms. The first-order valence-electron chi connectivity index (χ1n) is 12.3. The second kappa shape index (κ2) is 7.60. The molecular formula is C29H24N2O4. The van der Waals surface area contributed by atoms with Crippen LogP contribution < -0.4 is 4.74 Å². The summed E-state index contributed by atoms with van der Waals surface area (Å²) in [6.07, 6.45) is 7.24. The molecule has 2 aromatic carbocycles. The van der Waals surface area contributed by atoms with Gasteiger partial charge in [-0.2, -0.15) is 0 Å². The minimum absolute atomic E-state index is 0.104. The number of esters is 1. The summed E-state index contributed by atoms with van der Waals surface area (Å²) in [4.78, 5) is 46.8. The number of benzene rings is 2. The molecule has 3 fully saturated rings. The summed E-state index contributed by atoms with van der Waals surface area (Å²) in [6, 6.07) is 17.6.